The number of primary amides is 1. The Morgan fingerprint density at radius 3 is 2.62 bits per heavy atom. The first-order chi connectivity index (χ1) is 11.1. The summed E-state index contributed by atoms with van der Waals surface area (Å²) in [6, 6.07) is 0.523. The molecule has 0 unspecified atom stereocenters. The van der Waals surface area contributed by atoms with Crippen LogP contribution in [0.1, 0.15) is 18.4 Å². The Hall–Kier alpha value is -2.03. The largest absolute Gasteiger partial charge is 0.417 e. The molecule has 0 aliphatic carbocycles. The van der Waals surface area contributed by atoms with E-state index in [0.29, 0.717) is 36.2 Å². The summed E-state index contributed by atoms with van der Waals surface area (Å²) in [6.45, 7) is -0.145. The Balaban J connectivity index is 2.21. The minimum absolute atomic E-state index is 0.0929. The van der Waals surface area contributed by atoms with Gasteiger partial charge in [-0.1, -0.05) is 11.6 Å². The Kier molecular flexibility index (Phi) is 5.22. The lowest BCUT2D eigenvalue weighted by molar-refractivity contribution is -0.139. The maximum absolute atomic E-state index is 12.8. The first-order valence-corrected chi connectivity index (χ1v) is 7.51. The molecule has 132 valence electrons. The van der Waals surface area contributed by atoms with Crippen molar-refractivity contribution in [2.24, 2.45) is 11.7 Å². The van der Waals surface area contributed by atoms with Crippen LogP contribution in [-0.2, 0) is 22.3 Å². The van der Waals surface area contributed by atoms with Crippen molar-refractivity contribution in [1.29, 1.82) is 0 Å². The fourth-order valence-electron chi connectivity index (χ4n) is 2.55. The van der Waals surface area contributed by atoms with Gasteiger partial charge in [0.15, 0.2) is 0 Å². The maximum Gasteiger partial charge on any atom is 0.417 e. The molecule has 0 spiro atoms. The van der Waals surface area contributed by atoms with Gasteiger partial charge in [-0.25, -0.2) is 0 Å². The van der Waals surface area contributed by atoms with Gasteiger partial charge in [0.1, 0.15) is 11.6 Å². The number of piperidine rings is 1. The summed E-state index contributed by atoms with van der Waals surface area (Å²) in [6.07, 6.45) is -3.03. The second-order valence-electron chi connectivity index (χ2n) is 5.59. The summed E-state index contributed by atoms with van der Waals surface area (Å²) in [7, 11) is 0. The molecule has 0 saturated carbocycles. The van der Waals surface area contributed by atoms with E-state index >= 15 is 0 Å². The number of rotatable bonds is 3. The van der Waals surface area contributed by atoms with E-state index in [1.165, 1.54) is 4.90 Å². The van der Waals surface area contributed by atoms with Crippen molar-refractivity contribution in [3.8, 4) is 0 Å². The highest BCUT2D eigenvalue weighted by Gasteiger charge is 2.33. The lowest BCUT2D eigenvalue weighted by atomic mass is 9.97. The molecule has 0 radical (unpaired) electrons. The molecule has 0 aromatic carbocycles. The summed E-state index contributed by atoms with van der Waals surface area (Å²) in [5, 5.41) is -0.619. The minimum atomic E-state index is -4.69. The Labute approximate surface area is 140 Å². The molecule has 1 aromatic heterocycles. The predicted octanol–water partition coefficient (Wildman–Crippen LogP) is 1.24. The third-order valence-corrected chi connectivity index (χ3v) is 4.12. The average Bonchev–Trinajstić information content (AvgIpc) is 2.50. The summed E-state index contributed by atoms with van der Waals surface area (Å²) in [5.74, 6) is -1.60. The van der Waals surface area contributed by atoms with Crippen LogP contribution in [0.15, 0.2) is 17.1 Å². The molecule has 1 atom stereocenters. The lowest BCUT2D eigenvalue weighted by Crippen LogP contribution is -2.46. The van der Waals surface area contributed by atoms with Crippen LogP contribution >= 0.6 is 11.6 Å². The number of amides is 2. The summed E-state index contributed by atoms with van der Waals surface area (Å²) < 4.78 is 39.0. The van der Waals surface area contributed by atoms with Crippen molar-refractivity contribution in [3.63, 3.8) is 0 Å². The molecule has 2 amide bonds. The van der Waals surface area contributed by atoms with E-state index in [0.717, 1.165) is 0 Å². The highest BCUT2D eigenvalue weighted by atomic mass is 35.5. The van der Waals surface area contributed by atoms with Crippen molar-refractivity contribution >= 4 is 23.4 Å². The van der Waals surface area contributed by atoms with E-state index in [9.17, 15) is 27.6 Å². The molecule has 10 heteroatoms. The molecular weight excluding hydrogens is 351 g/mol. The minimum Gasteiger partial charge on any atom is -0.369 e. The van der Waals surface area contributed by atoms with Gasteiger partial charge in [0.2, 0.25) is 11.8 Å². The SMILES string of the molecule is NC(=O)[C@H]1CCCN(C(=O)Cn2cc(C(F)(F)F)cc(Cl)c2=O)C1. The zero-order chi connectivity index (χ0) is 18.1. The van der Waals surface area contributed by atoms with Gasteiger partial charge < -0.3 is 15.2 Å². The van der Waals surface area contributed by atoms with Gasteiger partial charge in [-0.3, -0.25) is 14.4 Å². The lowest BCUT2D eigenvalue weighted by Gasteiger charge is -2.31. The number of hydrogen-bond donors (Lipinski definition) is 1. The zero-order valence-electron chi connectivity index (χ0n) is 12.5. The molecule has 2 rings (SSSR count). The standard InChI is InChI=1S/C14H15ClF3N3O3/c15-10-4-9(14(16,17)18)6-21(13(10)24)7-11(22)20-3-1-2-8(5-20)12(19)23/h4,6,8H,1-3,5,7H2,(H2,19,23)/t8-/m0/s1. The van der Waals surface area contributed by atoms with Crippen molar-refractivity contribution in [1.82, 2.24) is 9.47 Å². The molecule has 24 heavy (non-hydrogen) atoms. The highest BCUT2D eigenvalue weighted by Crippen LogP contribution is 2.29. The number of halogens is 4. The van der Waals surface area contributed by atoms with Gasteiger partial charge in [0.05, 0.1) is 11.5 Å². The number of likely N-dealkylation sites (tertiary alicyclic amines) is 1. The second kappa shape index (κ2) is 6.84. The molecule has 0 bridgehead atoms. The molecule has 1 aliphatic heterocycles. The van der Waals surface area contributed by atoms with Crippen LogP contribution in [0.5, 0.6) is 0 Å². The fourth-order valence-corrected chi connectivity index (χ4v) is 2.78. The van der Waals surface area contributed by atoms with Crippen LogP contribution in [0.4, 0.5) is 13.2 Å². The second-order valence-corrected chi connectivity index (χ2v) is 6.00. The third-order valence-electron chi connectivity index (χ3n) is 3.85. The van der Waals surface area contributed by atoms with Gasteiger partial charge in [-0.05, 0) is 18.9 Å². The Morgan fingerprint density at radius 2 is 2.04 bits per heavy atom. The highest BCUT2D eigenvalue weighted by molar-refractivity contribution is 6.30. The quantitative estimate of drug-likeness (QED) is 0.874. The number of pyridine rings is 1. The van der Waals surface area contributed by atoms with Gasteiger partial charge in [0.25, 0.3) is 5.56 Å². The number of carbonyl (C=O) groups is 2. The van der Waals surface area contributed by atoms with Gasteiger partial charge in [-0.15, -0.1) is 0 Å². The topological polar surface area (TPSA) is 85.4 Å². The first kappa shape index (κ1) is 18.3. The van der Waals surface area contributed by atoms with Gasteiger partial charge in [0, 0.05) is 19.3 Å². The summed E-state index contributed by atoms with van der Waals surface area (Å²) in [4.78, 5) is 36.6. The molecule has 1 saturated heterocycles. The number of nitrogens with two attached hydrogens (primary N) is 1. The van der Waals surface area contributed by atoms with Crippen molar-refractivity contribution in [3.05, 3.63) is 33.2 Å². The summed E-state index contributed by atoms with van der Waals surface area (Å²) >= 11 is 5.54. The fraction of sp³-hybridized carbons (Fsp3) is 0.500. The van der Waals surface area contributed by atoms with E-state index in [-0.39, 0.29) is 6.54 Å². The van der Waals surface area contributed by atoms with Crippen LogP contribution in [0.25, 0.3) is 0 Å². The van der Waals surface area contributed by atoms with Crippen LogP contribution in [0, 0.1) is 5.92 Å². The van der Waals surface area contributed by atoms with Crippen LogP contribution in [-0.4, -0.2) is 34.4 Å². The van der Waals surface area contributed by atoms with E-state index in [1.54, 1.807) is 0 Å². The summed E-state index contributed by atoms with van der Waals surface area (Å²) in [5.41, 5.74) is 3.21. The maximum atomic E-state index is 12.8. The van der Waals surface area contributed by atoms with Crippen LogP contribution < -0.4 is 11.3 Å². The van der Waals surface area contributed by atoms with E-state index < -0.39 is 46.6 Å². The Morgan fingerprint density at radius 1 is 1.38 bits per heavy atom. The van der Waals surface area contributed by atoms with Crippen LogP contribution in [0.2, 0.25) is 5.02 Å². The van der Waals surface area contributed by atoms with Crippen molar-refractivity contribution < 1.29 is 22.8 Å². The van der Waals surface area contributed by atoms with E-state index in [1.807, 2.05) is 0 Å². The van der Waals surface area contributed by atoms with Gasteiger partial charge in [-0.2, -0.15) is 13.2 Å². The Bertz CT molecular complexity index is 717. The normalized spacial score (nSPS) is 18.5. The number of nitrogens with zero attached hydrogens (tertiary/aromatic N) is 2. The number of alkyl halides is 3. The average molecular weight is 366 g/mol. The number of aromatic nitrogens is 1. The van der Waals surface area contributed by atoms with Crippen molar-refractivity contribution in [2.75, 3.05) is 13.1 Å². The zero-order valence-corrected chi connectivity index (χ0v) is 13.2. The van der Waals surface area contributed by atoms with E-state index in [2.05, 4.69) is 0 Å². The third kappa shape index (κ3) is 4.08. The molecule has 1 aliphatic rings. The molecule has 2 N–H and O–H groups in total. The molecule has 2 heterocycles. The first-order valence-electron chi connectivity index (χ1n) is 7.14. The molecule has 6 nitrogen and oxygen atoms in total. The predicted molar refractivity (Wildman–Crippen MR) is 79.2 cm³/mol. The number of hydrogen-bond acceptors (Lipinski definition) is 3. The molecular formula is C14H15ClF3N3O3. The molecule has 1 aromatic rings. The van der Waals surface area contributed by atoms with Crippen LogP contribution in [0.3, 0.4) is 0 Å². The monoisotopic (exact) mass is 365 g/mol. The molecule has 1 fully saturated rings. The van der Waals surface area contributed by atoms with Crippen molar-refractivity contribution in [2.45, 2.75) is 25.6 Å². The number of carbonyl (C=O) groups excluding carboxylic acids is 2. The van der Waals surface area contributed by atoms with E-state index in [4.69, 9.17) is 17.3 Å². The van der Waals surface area contributed by atoms with Gasteiger partial charge >= 0.3 is 6.18 Å². The smallest absolute Gasteiger partial charge is 0.369 e.